The Morgan fingerprint density at radius 3 is 2.40 bits per heavy atom. The Bertz CT molecular complexity index is 776. The molecular weight excluding hydrogens is 380 g/mol. The fraction of sp³-hybridized carbons (Fsp3) is 0.609. The van der Waals surface area contributed by atoms with Crippen LogP contribution in [0.15, 0.2) is 30.3 Å². The number of hydrogen-bond donors (Lipinski definition) is 2. The van der Waals surface area contributed by atoms with Gasteiger partial charge in [0.15, 0.2) is 0 Å². The molecule has 0 aromatic heterocycles. The van der Waals surface area contributed by atoms with Crippen LogP contribution < -0.4 is 11.1 Å². The van der Waals surface area contributed by atoms with E-state index in [2.05, 4.69) is 17.4 Å². The van der Waals surface area contributed by atoms with Gasteiger partial charge < -0.3 is 20.9 Å². The van der Waals surface area contributed by atoms with Crippen molar-refractivity contribution in [2.45, 2.75) is 50.6 Å². The Hall–Kier alpha value is -2.41. The van der Waals surface area contributed by atoms with Crippen molar-refractivity contribution in [3.05, 3.63) is 35.9 Å². The van der Waals surface area contributed by atoms with E-state index in [1.807, 2.05) is 23.1 Å². The fourth-order valence-corrected chi connectivity index (χ4v) is 4.34. The number of carbonyl (C=O) groups excluding carboxylic acids is 3. The zero-order valence-corrected chi connectivity index (χ0v) is 17.5. The minimum Gasteiger partial charge on any atom is -0.353 e. The molecule has 0 spiro atoms. The maximum Gasteiger partial charge on any atom is 0.242 e. The first-order valence-electron chi connectivity index (χ1n) is 11.2. The highest BCUT2D eigenvalue weighted by Crippen LogP contribution is 2.36. The Labute approximate surface area is 178 Å². The predicted octanol–water partition coefficient (Wildman–Crippen LogP) is 0.922. The molecule has 3 aliphatic rings. The summed E-state index contributed by atoms with van der Waals surface area (Å²) >= 11 is 0. The molecule has 1 aliphatic heterocycles. The zero-order chi connectivity index (χ0) is 21.1. The van der Waals surface area contributed by atoms with Gasteiger partial charge in [0.25, 0.3) is 0 Å². The molecular formula is C23H32N4O3. The van der Waals surface area contributed by atoms with Crippen molar-refractivity contribution in [2.24, 2.45) is 17.6 Å². The summed E-state index contributed by atoms with van der Waals surface area (Å²) in [6.07, 6.45) is 4.96. The lowest BCUT2D eigenvalue weighted by atomic mass is 10.1. The quantitative estimate of drug-likeness (QED) is 0.631. The lowest BCUT2D eigenvalue weighted by molar-refractivity contribution is -0.139. The number of carbonyl (C=O) groups is 3. The molecule has 1 aromatic carbocycles. The second kappa shape index (κ2) is 9.16. The third kappa shape index (κ3) is 4.83. The van der Waals surface area contributed by atoms with E-state index in [1.54, 1.807) is 4.90 Å². The van der Waals surface area contributed by atoms with Gasteiger partial charge in [0.05, 0.1) is 6.04 Å². The summed E-state index contributed by atoms with van der Waals surface area (Å²) in [6, 6.07) is 9.51. The zero-order valence-electron chi connectivity index (χ0n) is 17.5. The van der Waals surface area contributed by atoms with Crippen LogP contribution in [0, 0.1) is 11.8 Å². The number of nitrogens with zero attached hydrogens (tertiary/aromatic N) is 2. The van der Waals surface area contributed by atoms with Crippen LogP contribution in [0.2, 0.25) is 0 Å². The van der Waals surface area contributed by atoms with E-state index >= 15 is 0 Å². The van der Waals surface area contributed by atoms with E-state index in [4.69, 9.17) is 5.73 Å². The highest BCUT2D eigenvalue weighted by atomic mass is 16.2. The summed E-state index contributed by atoms with van der Waals surface area (Å²) in [5.74, 6) is 0.243. The number of nitrogens with two attached hydrogens (primary N) is 1. The second-order valence-corrected chi connectivity index (χ2v) is 8.79. The van der Waals surface area contributed by atoms with Crippen molar-refractivity contribution in [3.8, 4) is 0 Å². The Kier molecular flexibility index (Phi) is 6.37. The molecule has 2 saturated carbocycles. The van der Waals surface area contributed by atoms with Gasteiger partial charge in [-0.25, -0.2) is 0 Å². The van der Waals surface area contributed by atoms with Gasteiger partial charge in [0.2, 0.25) is 17.7 Å². The lowest BCUT2D eigenvalue weighted by Crippen LogP contribution is -2.47. The molecule has 7 nitrogen and oxygen atoms in total. The summed E-state index contributed by atoms with van der Waals surface area (Å²) in [5.41, 5.74) is 6.72. The van der Waals surface area contributed by atoms with Crippen LogP contribution in [0.25, 0.3) is 0 Å². The van der Waals surface area contributed by atoms with Crippen LogP contribution in [0.1, 0.15) is 37.7 Å². The van der Waals surface area contributed by atoms with Gasteiger partial charge in [-0.2, -0.15) is 0 Å². The summed E-state index contributed by atoms with van der Waals surface area (Å²) in [4.78, 5) is 42.4. The van der Waals surface area contributed by atoms with Gasteiger partial charge in [-0.1, -0.05) is 30.3 Å². The smallest absolute Gasteiger partial charge is 0.242 e. The van der Waals surface area contributed by atoms with E-state index in [0.717, 1.165) is 32.1 Å². The minimum absolute atomic E-state index is 0.0467. The SMILES string of the molecule is NCCNC(=O)C1CC(N(CCc2ccccc2)C(=O)C2CC2)CN1C(=O)C1CC1. The highest BCUT2D eigenvalue weighted by molar-refractivity contribution is 5.90. The summed E-state index contributed by atoms with van der Waals surface area (Å²) in [6.45, 7) is 1.82. The third-order valence-corrected chi connectivity index (χ3v) is 6.37. The van der Waals surface area contributed by atoms with Gasteiger partial charge in [0, 0.05) is 38.0 Å². The van der Waals surface area contributed by atoms with Crippen LogP contribution in [0.3, 0.4) is 0 Å². The fourth-order valence-electron chi connectivity index (χ4n) is 4.34. The van der Waals surface area contributed by atoms with Crippen molar-refractivity contribution in [1.82, 2.24) is 15.1 Å². The molecule has 1 heterocycles. The van der Waals surface area contributed by atoms with Crippen LogP contribution in [0.5, 0.6) is 0 Å². The molecule has 1 saturated heterocycles. The molecule has 2 aliphatic carbocycles. The van der Waals surface area contributed by atoms with E-state index in [1.165, 1.54) is 5.56 Å². The maximum atomic E-state index is 13.1. The molecule has 0 radical (unpaired) electrons. The maximum absolute atomic E-state index is 13.1. The van der Waals surface area contributed by atoms with Crippen LogP contribution in [0.4, 0.5) is 0 Å². The molecule has 7 heteroatoms. The van der Waals surface area contributed by atoms with Gasteiger partial charge in [-0.05, 0) is 44.1 Å². The summed E-state index contributed by atoms with van der Waals surface area (Å²) in [7, 11) is 0. The molecule has 3 N–H and O–H groups in total. The monoisotopic (exact) mass is 412 g/mol. The van der Waals surface area contributed by atoms with Crippen molar-refractivity contribution < 1.29 is 14.4 Å². The van der Waals surface area contributed by atoms with Gasteiger partial charge >= 0.3 is 0 Å². The first kappa shape index (κ1) is 20.8. The lowest BCUT2D eigenvalue weighted by Gasteiger charge is -2.29. The van der Waals surface area contributed by atoms with Gasteiger partial charge in [-0.15, -0.1) is 0 Å². The van der Waals surface area contributed by atoms with E-state index in [0.29, 0.717) is 32.6 Å². The number of rotatable bonds is 9. The first-order valence-corrected chi connectivity index (χ1v) is 11.2. The molecule has 1 aromatic rings. The van der Waals surface area contributed by atoms with Gasteiger partial charge in [-0.3, -0.25) is 14.4 Å². The van der Waals surface area contributed by atoms with Crippen LogP contribution >= 0.6 is 0 Å². The third-order valence-electron chi connectivity index (χ3n) is 6.37. The Balaban J connectivity index is 1.49. The van der Waals surface area contributed by atoms with Crippen molar-refractivity contribution >= 4 is 17.7 Å². The number of hydrogen-bond acceptors (Lipinski definition) is 4. The van der Waals surface area contributed by atoms with E-state index < -0.39 is 6.04 Å². The molecule has 0 bridgehead atoms. The molecule has 162 valence electrons. The number of amides is 3. The summed E-state index contributed by atoms with van der Waals surface area (Å²) < 4.78 is 0. The van der Waals surface area contributed by atoms with Crippen LogP contribution in [-0.2, 0) is 20.8 Å². The molecule has 2 atom stereocenters. The molecule has 4 rings (SSSR count). The van der Waals surface area contributed by atoms with Crippen molar-refractivity contribution in [3.63, 3.8) is 0 Å². The van der Waals surface area contributed by atoms with Gasteiger partial charge in [0.1, 0.15) is 6.04 Å². The number of benzene rings is 1. The number of nitrogens with one attached hydrogen (secondary N) is 1. The number of likely N-dealkylation sites (tertiary alicyclic amines) is 1. The standard InChI is InChI=1S/C23H32N4O3/c24-11-12-25-21(28)20-14-19(15-27(20)23(30)18-8-9-18)26(22(29)17-6-7-17)13-10-16-4-2-1-3-5-16/h1-5,17-20H,6-15,24H2,(H,25,28). The average Bonchev–Trinajstić information content (AvgIpc) is 3.69. The van der Waals surface area contributed by atoms with Crippen LogP contribution in [-0.4, -0.2) is 65.8 Å². The molecule has 3 amide bonds. The average molecular weight is 413 g/mol. The summed E-state index contributed by atoms with van der Waals surface area (Å²) in [5, 5.41) is 2.84. The van der Waals surface area contributed by atoms with E-state index in [-0.39, 0.29) is 35.6 Å². The second-order valence-electron chi connectivity index (χ2n) is 8.79. The van der Waals surface area contributed by atoms with Crippen molar-refractivity contribution in [1.29, 1.82) is 0 Å². The molecule has 3 fully saturated rings. The van der Waals surface area contributed by atoms with Crippen molar-refractivity contribution in [2.75, 3.05) is 26.2 Å². The minimum atomic E-state index is -0.513. The Morgan fingerprint density at radius 2 is 1.77 bits per heavy atom. The topological polar surface area (TPSA) is 95.7 Å². The first-order chi connectivity index (χ1) is 14.6. The molecule has 30 heavy (non-hydrogen) atoms. The molecule has 2 unspecified atom stereocenters. The normalized spacial score (nSPS) is 23.3. The largest absolute Gasteiger partial charge is 0.353 e. The predicted molar refractivity (Wildman–Crippen MR) is 113 cm³/mol. The highest BCUT2D eigenvalue weighted by Gasteiger charge is 2.47. The Morgan fingerprint density at radius 1 is 1.07 bits per heavy atom. The van der Waals surface area contributed by atoms with E-state index in [9.17, 15) is 14.4 Å².